The highest BCUT2D eigenvalue weighted by molar-refractivity contribution is 5.50. The van der Waals surface area contributed by atoms with Gasteiger partial charge >= 0.3 is 0 Å². The number of hydrogen-bond acceptors (Lipinski definition) is 4. The van der Waals surface area contributed by atoms with Crippen LogP contribution in [0.1, 0.15) is 12.2 Å². The minimum atomic E-state index is 0.344. The van der Waals surface area contributed by atoms with Crippen LogP contribution in [-0.4, -0.2) is 26.9 Å². The first-order valence-electron chi connectivity index (χ1n) is 2.51. The Balaban J connectivity index is 2.38. The lowest BCUT2D eigenvalue weighted by Crippen LogP contribution is -1.88. The molecule has 1 radical (unpaired) electrons. The number of aryl methyl sites for hydroxylation is 1. The van der Waals surface area contributed by atoms with Crippen LogP contribution in [0.25, 0.3) is 0 Å². The fourth-order valence-electron chi connectivity index (χ4n) is 0.454. The van der Waals surface area contributed by atoms with E-state index in [1.54, 1.807) is 6.29 Å². The monoisotopic (exact) mass is 125 g/mol. The average molecular weight is 125 g/mol. The van der Waals surface area contributed by atoms with Crippen LogP contribution in [0.2, 0.25) is 0 Å². The molecule has 0 aliphatic carbocycles. The van der Waals surface area contributed by atoms with Gasteiger partial charge in [0.15, 0.2) is 6.29 Å². The topological polar surface area (TPSA) is 71.5 Å². The second-order valence-electron chi connectivity index (χ2n) is 1.49. The second-order valence-corrected chi connectivity index (χ2v) is 1.49. The standard InChI is InChI=1S/C4H5N4O/c9-3-1-2-4-5-7-8-6-4/h1-2H2,(H,5,6,7,8). The molecule has 0 saturated carbocycles. The van der Waals surface area contributed by atoms with Crippen molar-refractivity contribution in [1.29, 1.82) is 0 Å². The second kappa shape index (κ2) is 2.91. The van der Waals surface area contributed by atoms with Crippen molar-refractivity contribution >= 4 is 6.29 Å². The molecule has 0 aliphatic rings. The highest BCUT2D eigenvalue weighted by Crippen LogP contribution is 1.86. The number of H-pyrrole nitrogens is 1. The largest absolute Gasteiger partial charge is 0.291 e. The number of tetrazole rings is 1. The number of nitrogens with one attached hydrogen (secondary N) is 1. The predicted molar refractivity (Wildman–Crippen MR) is 28.2 cm³/mol. The Kier molecular flexibility index (Phi) is 1.90. The van der Waals surface area contributed by atoms with E-state index in [-0.39, 0.29) is 0 Å². The van der Waals surface area contributed by atoms with Crippen molar-refractivity contribution in [1.82, 2.24) is 20.6 Å². The van der Waals surface area contributed by atoms with Gasteiger partial charge in [0.05, 0.1) is 0 Å². The van der Waals surface area contributed by atoms with Gasteiger partial charge in [0.1, 0.15) is 5.82 Å². The first-order valence-corrected chi connectivity index (χ1v) is 2.51. The molecule has 0 saturated heterocycles. The van der Waals surface area contributed by atoms with Gasteiger partial charge in [-0.3, -0.25) is 4.79 Å². The number of rotatable bonds is 3. The van der Waals surface area contributed by atoms with E-state index in [1.165, 1.54) is 0 Å². The van der Waals surface area contributed by atoms with E-state index in [9.17, 15) is 4.79 Å². The van der Waals surface area contributed by atoms with Crippen LogP contribution in [0.3, 0.4) is 0 Å². The fourth-order valence-corrected chi connectivity index (χ4v) is 0.454. The lowest BCUT2D eigenvalue weighted by Gasteiger charge is -1.81. The predicted octanol–water partition coefficient (Wildman–Crippen LogP) is -0.758. The summed E-state index contributed by atoms with van der Waals surface area (Å²) in [6.45, 7) is 0. The molecule has 0 bridgehead atoms. The molecule has 0 unspecified atom stereocenters. The van der Waals surface area contributed by atoms with Gasteiger partial charge in [-0.15, -0.1) is 5.10 Å². The SMILES string of the molecule is O=[C]CCc1nnn[nH]1. The zero-order valence-corrected chi connectivity index (χ0v) is 4.66. The highest BCUT2D eigenvalue weighted by Gasteiger charge is 1.93. The number of carbonyl (C=O) groups excluding carboxylic acids is 1. The van der Waals surface area contributed by atoms with Crippen molar-refractivity contribution in [3.8, 4) is 0 Å². The minimum absolute atomic E-state index is 0.344. The van der Waals surface area contributed by atoms with Crippen LogP contribution >= 0.6 is 0 Å². The molecule has 1 N–H and O–H groups in total. The first kappa shape index (κ1) is 5.87. The zero-order chi connectivity index (χ0) is 6.53. The Hall–Kier alpha value is -1.26. The van der Waals surface area contributed by atoms with Crippen LogP contribution in [0.4, 0.5) is 0 Å². The minimum Gasteiger partial charge on any atom is -0.291 e. The Labute approximate surface area is 51.5 Å². The first-order chi connectivity index (χ1) is 4.43. The lowest BCUT2D eigenvalue weighted by molar-refractivity contribution is 0.550. The fraction of sp³-hybridized carbons (Fsp3) is 0.500. The molecule has 1 rings (SSSR count). The molecule has 0 aliphatic heterocycles. The Morgan fingerprint density at radius 2 is 2.56 bits per heavy atom. The summed E-state index contributed by atoms with van der Waals surface area (Å²) < 4.78 is 0. The van der Waals surface area contributed by atoms with Gasteiger partial charge in [-0.05, 0) is 10.4 Å². The van der Waals surface area contributed by atoms with E-state index in [1.807, 2.05) is 0 Å². The van der Waals surface area contributed by atoms with Gasteiger partial charge in [0.2, 0.25) is 0 Å². The van der Waals surface area contributed by atoms with E-state index in [2.05, 4.69) is 20.6 Å². The van der Waals surface area contributed by atoms with Crippen molar-refractivity contribution in [2.24, 2.45) is 0 Å². The van der Waals surface area contributed by atoms with Crippen molar-refractivity contribution in [2.45, 2.75) is 12.8 Å². The molecule has 0 fully saturated rings. The number of aromatic amines is 1. The maximum atomic E-state index is 9.69. The third kappa shape index (κ3) is 1.60. The molecule has 1 aromatic heterocycles. The Morgan fingerprint density at radius 1 is 1.67 bits per heavy atom. The summed E-state index contributed by atoms with van der Waals surface area (Å²) >= 11 is 0. The lowest BCUT2D eigenvalue weighted by atomic mass is 10.3. The summed E-state index contributed by atoms with van der Waals surface area (Å²) in [4.78, 5) is 9.69. The molecule has 1 aromatic rings. The molecule has 47 valence electrons. The van der Waals surface area contributed by atoms with Gasteiger partial charge in [0, 0.05) is 12.8 Å². The summed E-state index contributed by atoms with van der Waals surface area (Å²) in [6.07, 6.45) is 2.62. The summed E-state index contributed by atoms with van der Waals surface area (Å²) in [5, 5.41) is 12.7. The van der Waals surface area contributed by atoms with E-state index in [0.717, 1.165) is 0 Å². The molecule has 9 heavy (non-hydrogen) atoms. The summed E-state index contributed by atoms with van der Waals surface area (Å²) in [6, 6.07) is 0. The summed E-state index contributed by atoms with van der Waals surface area (Å²) in [5.41, 5.74) is 0. The van der Waals surface area contributed by atoms with Crippen molar-refractivity contribution in [3.05, 3.63) is 5.82 Å². The third-order valence-corrected chi connectivity index (χ3v) is 0.853. The molecular weight excluding hydrogens is 120 g/mol. The Morgan fingerprint density at radius 3 is 3.11 bits per heavy atom. The van der Waals surface area contributed by atoms with Crippen molar-refractivity contribution in [3.63, 3.8) is 0 Å². The third-order valence-electron chi connectivity index (χ3n) is 0.853. The van der Waals surface area contributed by atoms with Crippen LogP contribution in [0.15, 0.2) is 0 Å². The van der Waals surface area contributed by atoms with Crippen LogP contribution < -0.4 is 0 Å². The van der Waals surface area contributed by atoms with Gasteiger partial charge in [0.25, 0.3) is 0 Å². The zero-order valence-electron chi connectivity index (χ0n) is 4.66. The molecule has 5 heteroatoms. The average Bonchev–Trinajstić information content (AvgIpc) is 2.34. The molecule has 0 atom stereocenters. The van der Waals surface area contributed by atoms with E-state index < -0.39 is 0 Å². The van der Waals surface area contributed by atoms with E-state index in [4.69, 9.17) is 0 Å². The molecule has 0 spiro atoms. The van der Waals surface area contributed by atoms with Gasteiger partial charge in [-0.1, -0.05) is 0 Å². The van der Waals surface area contributed by atoms with Crippen molar-refractivity contribution < 1.29 is 4.79 Å². The van der Waals surface area contributed by atoms with Crippen LogP contribution in [0.5, 0.6) is 0 Å². The van der Waals surface area contributed by atoms with Crippen molar-refractivity contribution in [2.75, 3.05) is 0 Å². The molecule has 0 aromatic carbocycles. The number of hydrogen-bond donors (Lipinski definition) is 1. The van der Waals surface area contributed by atoms with Gasteiger partial charge in [-0.25, -0.2) is 5.10 Å². The maximum absolute atomic E-state index is 9.69. The molecule has 0 amide bonds. The van der Waals surface area contributed by atoms with Crippen LogP contribution in [-0.2, 0) is 11.2 Å². The quantitative estimate of drug-likeness (QED) is 0.576. The van der Waals surface area contributed by atoms with E-state index in [0.29, 0.717) is 18.7 Å². The number of aromatic nitrogens is 4. The molecular formula is C4H5N4O. The smallest absolute Gasteiger partial charge is 0.198 e. The van der Waals surface area contributed by atoms with Crippen LogP contribution in [0, 0.1) is 0 Å². The maximum Gasteiger partial charge on any atom is 0.198 e. The summed E-state index contributed by atoms with van der Waals surface area (Å²) in [5.74, 6) is 0.623. The molecule has 1 heterocycles. The number of nitrogens with zero attached hydrogens (tertiary/aromatic N) is 3. The van der Waals surface area contributed by atoms with Gasteiger partial charge in [-0.2, -0.15) is 0 Å². The highest BCUT2D eigenvalue weighted by atomic mass is 16.1. The molecule has 5 nitrogen and oxygen atoms in total. The van der Waals surface area contributed by atoms with Gasteiger partial charge < -0.3 is 0 Å². The van der Waals surface area contributed by atoms with E-state index >= 15 is 0 Å². The normalized spacial score (nSPS) is 9.33. The Bertz CT molecular complexity index is 171. The summed E-state index contributed by atoms with van der Waals surface area (Å²) in [7, 11) is 0.